The third kappa shape index (κ3) is 2.87. The second kappa shape index (κ2) is 4.55. The van der Waals surface area contributed by atoms with Crippen LogP contribution in [0.15, 0.2) is 12.1 Å². The second-order valence-corrected chi connectivity index (χ2v) is 3.43. The summed E-state index contributed by atoms with van der Waals surface area (Å²) in [5, 5.41) is 8.12. The normalized spacial score (nSPS) is 12.5. The smallest absolute Gasteiger partial charge is 0.320 e. The van der Waals surface area contributed by atoms with Crippen LogP contribution in [0.25, 0.3) is 0 Å². The average molecular weight is 236 g/mol. The van der Waals surface area contributed by atoms with Gasteiger partial charge in [0.25, 0.3) is 0 Å². The summed E-state index contributed by atoms with van der Waals surface area (Å²) in [5.41, 5.74) is 5.47. The number of nitrogens with two attached hydrogens (primary N) is 1. The lowest BCUT2D eigenvalue weighted by Crippen LogP contribution is -2.32. The van der Waals surface area contributed by atoms with E-state index in [0.717, 1.165) is 12.1 Å². The lowest BCUT2D eigenvalue weighted by molar-refractivity contribution is -0.138. The van der Waals surface area contributed by atoms with Gasteiger partial charge in [0.2, 0.25) is 0 Å². The fraction of sp³-hybridized carbons (Fsp3) is 0.222. The van der Waals surface area contributed by atoms with Gasteiger partial charge in [-0.3, -0.25) is 4.79 Å². The molecule has 0 spiro atoms. The van der Waals surface area contributed by atoms with E-state index < -0.39 is 23.6 Å². The molecule has 3 nitrogen and oxygen atoms in total. The Kier molecular flexibility index (Phi) is 3.60. The van der Waals surface area contributed by atoms with Crippen LogP contribution in [-0.2, 0) is 11.2 Å². The lowest BCUT2D eigenvalue weighted by atomic mass is 10.1. The van der Waals surface area contributed by atoms with E-state index in [2.05, 4.69) is 0 Å². The van der Waals surface area contributed by atoms with Gasteiger partial charge in [-0.25, -0.2) is 8.78 Å². The molecule has 1 rings (SSSR count). The zero-order chi connectivity index (χ0) is 11.6. The van der Waals surface area contributed by atoms with Gasteiger partial charge >= 0.3 is 5.97 Å². The summed E-state index contributed by atoms with van der Waals surface area (Å²) in [6, 6.07) is 0.873. The van der Waals surface area contributed by atoms with Gasteiger partial charge in [0.1, 0.15) is 6.04 Å². The summed E-state index contributed by atoms with van der Waals surface area (Å²) >= 11 is 5.38. The van der Waals surface area contributed by atoms with Gasteiger partial charge in [0.05, 0.1) is 5.02 Å². The maximum atomic E-state index is 12.8. The van der Waals surface area contributed by atoms with E-state index in [-0.39, 0.29) is 17.0 Å². The summed E-state index contributed by atoms with van der Waals surface area (Å²) in [6.45, 7) is 0. The quantitative estimate of drug-likeness (QED) is 0.782. The predicted octanol–water partition coefficient (Wildman–Crippen LogP) is 1.57. The molecule has 0 aliphatic rings. The van der Waals surface area contributed by atoms with Crippen molar-refractivity contribution in [2.45, 2.75) is 12.5 Å². The fourth-order valence-electron chi connectivity index (χ4n) is 1.07. The van der Waals surface area contributed by atoms with E-state index in [9.17, 15) is 13.6 Å². The van der Waals surface area contributed by atoms with Gasteiger partial charge < -0.3 is 10.8 Å². The number of carbonyl (C=O) groups is 1. The molecule has 0 radical (unpaired) electrons. The van der Waals surface area contributed by atoms with E-state index in [1.165, 1.54) is 0 Å². The summed E-state index contributed by atoms with van der Waals surface area (Å²) in [6.07, 6.45) is -0.105. The molecular weight excluding hydrogens is 228 g/mol. The van der Waals surface area contributed by atoms with Crippen molar-refractivity contribution in [1.29, 1.82) is 0 Å². The van der Waals surface area contributed by atoms with Crippen LogP contribution in [0, 0.1) is 11.6 Å². The highest BCUT2D eigenvalue weighted by atomic mass is 35.5. The largest absolute Gasteiger partial charge is 0.480 e. The monoisotopic (exact) mass is 235 g/mol. The summed E-state index contributed by atoms with van der Waals surface area (Å²) in [5.74, 6) is -3.48. The molecule has 0 saturated carbocycles. The van der Waals surface area contributed by atoms with Crippen LogP contribution in [0.1, 0.15) is 5.56 Å². The molecule has 0 aliphatic carbocycles. The Hall–Kier alpha value is -1.20. The Morgan fingerprint density at radius 3 is 2.60 bits per heavy atom. The zero-order valence-corrected chi connectivity index (χ0v) is 8.26. The summed E-state index contributed by atoms with van der Waals surface area (Å²) < 4.78 is 25.6. The van der Waals surface area contributed by atoms with Crippen LogP contribution < -0.4 is 5.73 Å². The average Bonchev–Trinajstić information content (AvgIpc) is 2.13. The molecule has 0 fully saturated rings. The Morgan fingerprint density at radius 1 is 1.53 bits per heavy atom. The number of aliphatic carboxylic acids is 1. The first-order chi connectivity index (χ1) is 6.91. The van der Waals surface area contributed by atoms with Crippen LogP contribution >= 0.6 is 11.6 Å². The van der Waals surface area contributed by atoms with Crippen LogP contribution in [0.4, 0.5) is 8.78 Å². The van der Waals surface area contributed by atoms with Crippen molar-refractivity contribution in [3.63, 3.8) is 0 Å². The first-order valence-electron chi connectivity index (χ1n) is 4.03. The maximum absolute atomic E-state index is 12.8. The Bertz CT molecular complexity index is 375. The number of carboxylic acids is 1. The maximum Gasteiger partial charge on any atom is 0.320 e. The molecule has 3 N–H and O–H groups in total. The van der Waals surface area contributed by atoms with Crippen LogP contribution in [0.2, 0.25) is 5.02 Å². The van der Waals surface area contributed by atoms with Gasteiger partial charge in [-0.1, -0.05) is 11.6 Å². The van der Waals surface area contributed by atoms with Gasteiger partial charge in [0.15, 0.2) is 11.6 Å². The third-order valence-corrected chi connectivity index (χ3v) is 2.09. The minimum absolute atomic E-state index is 0.105. The molecule has 82 valence electrons. The molecule has 1 aromatic carbocycles. The molecule has 0 aromatic heterocycles. The fourth-order valence-corrected chi connectivity index (χ4v) is 1.30. The van der Waals surface area contributed by atoms with Crippen molar-refractivity contribution in [2.24, 2.45) is 5.73 Å². The molecule has 0 bridgehead atoms. The SMILES string of the molecule is N[C@@H](Cc1cc(F)c(F)c(Cl)c1)C(=O)O. The second-order valence-electron chi connectivity index (χ2n) is 3.02. The molecule has 6 heteroatoms. The number of halogens is 3. The van der Waals surface area contributed by atoms with Crippen molar-refractivity contribution in [3.05, 3.63) is 34.4 Å². The van der Waals surface area contributed by atoms with E-state index in [4.69, 9.17) is 22.4 Å². The molecule has 0 amide bonds. The Labute approximate surface area is 89.5 Å². The topological polar surface area (TPSA) is 63.3 Å². The molecule has 1 aromatic rings. The highest BCUT2D eigenvalue weighted by Gasteiger charge is 2.15. The third-order valence-electron chi connectivity index (χ3n) is 1.82. The van der Waals surface area contributed by atoms with Gasteiger partial charge in [0, 0.05) is 0 Å². The molecule has 0 saturated heterocycles. The van der Waals surface area contributed by atoms with Crippen molar-refractivity contribution in [2.75, 3.05) is 0 Å². The molecule has 0 heterocycles. The highest BCUT2D eigenvalue weighted by Crippen LogP contribution is 2.20. The van der Waals surface area contributed by atoms with Crippen molar-refractivity contribution < 1.29 is 18.7 Å². The van der Waals surface area contributed by atoms with Crippen molar-refractivity contribution in [1.82, 2.24) is 0 Å². The Morgan fingerprint density at radius 2 is 2.13 bits per heavy atom. The molecule has 0 aliphatic heterocycles. The lowest BCUT2D eigenvalue weighted by Gasteiger charge is -2.07. The number of carboxylic acid groups (broad SMARTS) is 1. The summed E-state index contributed by atoms with van der Waals surface area (Å²) in [7, 11) is 0. The van der Waals surface area contributed by atoms with Crippen LogP contribution in [0.5, 0.6) is 0 Å². The highest BCUT2D eigenvalue weighted by molar-refractivity contribution is 6.30. The molecule has 1 atom stereocenters. The molecule has 15 heavy (non-hydrogen) atoms. The standard InChI is InChI=1S/C9H8ClF2NO2/c10-5-1-4(2-6(11)8(5)12)3-7(13)9(14)15/h1-2,7H,3,13H2,(H,14,15)/t7-/m0/s1. The van der Waals surface area contributed by atoms with Crippen LogP contribution in [0.3, 0.4) is 0 Å². The number of rotatable bonds is 3. The van der Waals surface area contributed by atoms with E-state index >= 15 is 0 Å². The van der Waals surface area contributed by atoms with E-state index in [0.29, 0.717) is 0 Å². The first-order valence-corrected chi connectivity index (χ1v) is 4.41. The molecular formula is C9H8ClF2NO2. The number of hydrogen-bond donors (Lipinski definition) is 2. The van der Waals surface area contributed by atoms with Crippen molar-refractivity contribution in [3.8, 4) is 0 Å². The first kappa shape index (κ1) is 11.9. The van der Waals surface area contributed by atoms with Gasteiger partial charge in [-0.2, -0.15) is 0 Å². The van der Waals surface area contributed by atoms with Crippen LogP contribution in [-0.4, -0.2) is 17.1 Å². The number of benzene rings is 1. The summed E-state index contributed by atoms with van der Waals surface area (Å²) in [4.78, 5) is 10.4. The predicted molar refractivity (Wildman–Crippen MR) is 50.7 cm³/mol. The van der Waals surface area contributed by atoms with E-state index in [1.807, 2.05) is 0 Å². The number of hydrogen-bond acceptors (Lipinski definition) is 2. The zero-order valence-electron chi connectivity index (χ0n) is 7.51. The molecule has 0 unspecified atom stereocenters. The Balaban J connectivity index is 2.92. The minimum atomic E-state index is -1.21. The minimum Gasteiger partial charge on any atom is -0.480 e. The van der Waals surface area contributed by atoms with Gasteiger partial charge in [-0.15, -0.1) is 0 Å². The van der Waals surface area contributed by atoms with E-state index in [1.54, 1.807) is 0 Å². The van der Waals surface area contributed by atoms with Crippen molar-refractivity contribution >= 4 is 17.6 Å². The van der Waals surface area contributed by atoms with Gasteiger partial charge in [-0.05, 0) is 24.1 Å².